The Morgan fingerprint density at radius 3 is 2.06 bits per heavy atom. The largest absolute Gasteiger partial charge is 0.332 e. The number of pyridine rings is 2. The highest BCUT2D eigenvalue weighted by Gasteiger charge is 2.14. The molecular formula is C25H15FN6S. The van der Waals surface area contributed by atoms with Crippen LogP contribution in [0.25, 0.3) is 43.9 Å². The maximum absolute atomic E-state index is 13.9. The van der Waals surface area contributed by atoms with Gasteiger partial charge in [-0.15, -0.1) is 0 Å². The van der Waals surface area contributed by atoms with Gasteiger partial charge in [-0.1, -0.05) is 12.1 Å². The Balaban J connectivity index is 1.45. The summed E-state index contributed by atoms with van der Waals surface area (Å²) in [5.41, 5.74) is 5.61. The molecule has 0 saturated heterocycles. The van der Waals surface area contributed by atoms with Gasteiger partial charge in [-0.05, 0) is 66.8 Å². The van der Waals surface area contributed by atoms with E-state index in [1.54, 1.807) is 30.6 Å². The van der Waals surface area contributed by atoms with Crippen LogP contribution in [0.2, 0.25) is 0 Å². The first kappa shape index (κ1) is 19.4. The predicted octanol–water partition coefficient (Wildman–Crippen LogP) is 5.83. The summed E-state index contributed by atoms with van der Waals surface area (Å²) < 4.78 is 13.9. The van der Waals surface area contributed by atoms with E-state index in [4.69, 9.17) is 22.2 Å². The van der Waals surface area contributed by atoms with Crippen molar-refractivity contribution in [2.24, 2.45) is 0 Å². The van der Waals surface area contributed by atoms with Crippen LogP contribution in [0.5, 0.6) is 0 Å². The Kier molecular flexibility index (Phi) is 4.51. The van der Waals surface area contributed by atoms with Crippen molar-refractivity contribution in [3.63, 3.8) is 0 Å². The molecule has 0 fully saturated rings. The highest BCUT2D eigenvalue weighted by molar-refractivity contribution is 7.80. The van der Waals surface area contributed by atoms with E-state index in [1.165, 1.54) is 6.07 Å². The molecule has 158 valence electrons. The molecule has 0 aliphatic carbocycles. The van der Waals surface area contributed by atoms with Crippen LogP contribution in [0.3, 0.4) is 0 Å². The van der Waals surface area contributed by atoms with Crippen molar-refractivity contribution in [1.82, 2.24) is 19.9 Å². The number of benzene rings is 3. The minimum atomic E-state index is -0.375. The number of hydrogen-bond acceptors (Lipinski definition) is 5. The quantitative estimate of drug-likeness (QED) is 0.195. The van der Waals surface area contributed by atoms with Crippen molar-refractivity contribution in [1.29, 1.82) is 0 Å². The zero-order valence-electron chi connectivity index (χ0n) is 17.1. The number of nitrogens with zero attached hydrogens (tertiary/aromatic N) is 4. The van der Waals surface area contributed by atoms with E-state index in [0.29, 0.717) is 11.2 Å². The van der Waals surface area contributed by atoms with Gasteiger partial charge < -0.3 is 10.6 Å². The molecule has 6 aromatic rings. The summed E-state index contributed by atoms with van der Waals surface area (Å²) in [7, 11) is 0. The van der Waals surface area contributed by atoms with Crippen molar-refractivity contribution < 1.29 is 4.39 Å². The molecule has 33 heavy (non-hydrogen) atoms. The van der Waals surface area contributed by atoms with E-state index in [2.05, 4.69) is 20.6 Å². The average Bonchev–Trinajstić information content (AvgIpc) is 2.84. The third-order valence-electron chi connectivity index (χ3n) is 5.39. The molecule has 0 bridgehead atoms. The highest BCUT2D eigenvalue weighted by atomic mass is 32.1. The lowest BCUT2D eigenvalue weighted by Gasteiger charge is -2.12. The molecule has 0 aliphatic heterocycles. The van der Waals surface area contributed by atoms with Crippen molar-refractivity contribution in [3.8, 4) is 0 Å². The van der Waals surface area contributed by atoms with Crippen LogP contribution >= 0.6 is 12.2 Å². The normalized spacial score (nSPS) is 11.3. The van der Waals surface area contributed by atoms with Crippen molar-refractivity contribution in [3.05, 3.63) is 84.9 Å². The van der Waals surface area contributed by atoms with E-state index in [0.717, 1.165) is 44.0 Å². The van der Waals surface area contributed by atoms with Crippen LogP contribution in [-0.2, 0) is 0 Å². The monoisotopic (exact) mass is 450 g/mol. The Morgan fingerprint density at radius 1 is 0.697 bits per heavy atom. The van der Waals surface area contributed by atoms with E-state index < -0.39 is 0 Å². The summed E-state index contributed by atoms with van der Waals surface area (Å²) in [6.07, 6.45) is 3.51. The minimum Gasteiger partial charge on any atom is -0.332 e. The van der Waals surface area contributed by atoms with Crippen LogP contribution < -0.4 is 10.6 Å². The smallest absolute Gasteiger partial charge is 0.175 e. The number of hydrogen-bond donors (Lipinski definition) is 2. The van der Waals surface area contributed by atoms with Crippen LogP contribution in [0.4, 0.5) is 15.8 Å². The van der Waals surface area contributed by atoms with Gasteiger partial charge in [-0.25, -0.2) is 14.4 Å². The van der Waals surface area contributed by atoms with Gasteiger partial charge in [0.15, 0.2) is 5.11 Å². The summed E-state index contributed by atoms with van der Waals surface area (Å²) in [5, 5.41) is 8.04. The molecule has 8 heteroatoms. The predicted molar refractivity (Wildman–Crippen MR) is 134 cm³/mol. The second-order valence-corrected chi connectivity index (χ2v) is 7.89. The molecule has 0 radical (unpaired) electrons. The van der Waals surface area contributed by atoms with E-state index >= 15 is 0 Å². The fraction of sp³-hybridized carbons (Fsp3) is 0. The Labute approximate surface area is 192 Å². The first-order chi connectivity index (χ1) is 16.2. The molecule has 0 atom stereocenters. The number of rotatable bonds is 2. The molecule has 6 rings (SSSR count). The fourth-order valence-corrected chi connectivity index (χ4v) is 4.15. The molecule has 0 aliphatic rings. The molecule has 0 unspecified atom stereocenters. The lowest BCUT2D eigenvalue weighted by Crippen LogP contribution is -2.19. The fourth-order valence-electron chi connectivity index (χ4n) is 3.93. The number of anilines is 2. The van der Waals surface area contributed by atoms with Gasteiger partial charge in [-0.2, -0.15) is 0 Å². The second kappa shape index (κ2) is 7.68. The topological polar surface area (TPSA) is 75.6 Å². The molecule has 0 spiro atoms. The maximum atomic E-state index is 13.9. The zero-order chi connectivity index (χ0) is 22.4. The van der Waals surface area contributed by atoms with Gasteiger partial charge in [0.05, 0.1) is 38.8 Å². The molecule has 0 amide bonds. The van der Waals surface area contributed by atoms with Crippen LogP contribution in [-0.4, -0.2) is 25.0 Å². The van der Waals surface area contributed by atoms with Crippen LogP contribution in [0, 0.1) is 5.82 Å². The molecular weight excluding hydrogens is 435 g/mol. The van der Waals surface area contributed by atoms with Gasteiger partial charge in [0, 0.05) is 28.9 Å². The summed E-state index contributed by atoms with van der Waals surface area (Å²) >= 11 is 5.35. The minimum absolute atomic E-state index is 0.278. The molecule has 3 heterocycles. The van der Waals surface area contributed by atoms with Gasteiger partial charge in [0.2, 0.25) is 0 Å². The third kappa shape index (κ3) is 3.37. The number of para-hydroxylation sites is 1. The molecule has 0 saturated carbocycles. The van der Waals surface area contributed by atoms with Gasteiger partial charge in [0.1, 0.15) is 5.82 Å². The van der Waals surface area contributed by atoms with Crippen LogP contribution in [0.15, 0.2) is 79.1 Å². The Morgan fingerprint density at radius 2 is 1.36 bits per heavy atom. The van der Waals surface area contributed by atoms with Crippen molar-refractivity contribution in [2.75, 3.05) is 10.6 Å². The lowest BCUT2D eigenvalue weighted by atomic mass is 10.1. The first-order valence-electron chi connectivity index (χ1n) is 10.2. The average molecular weight is 451 g/mol. The molecule has 3 aromatic heterocycles. The molecule has 6 nitrogen and oxygen atoms in total. The Bertz CT molecular complexity index is 1720. The summed E-state index contributed by atoms with van der Waals surface area (Å²) in [5.74, 6) is -0.375. The summed E-state index contributed by atoms with van der Waals surface area (Å²) in [6.45, 7) is 0. The second-order valence-electron chi connectivity index (χ2n) is 7.48. The van der Waals surface area contributed by atoms with Gasteiger partial charge in [-0.3, -0.25) is 9.97 Å². The standard InChI is InChI=1S/C25H15FN6S/c26-17-7-1-2-8-18(17)32-25(33)29-14-9-10-19-20(13-14)31-24-16-6-4-12-28-22(16)21-15(23(24)30-19)5-3-11-27-21/h1-13H,(H2,29,32,33). The summed E-state index contributed by atoms with van der Waals surface area (Å²) in [4.78, 5) is 18.9. The number of fused-ring (bicyclic) bond motifs is 7. The first-order valence-corrected chi connectivity index (χ1v) is 10.6. The van der Waals surface area contributed by atoms with Crippen LogP contribution in [0.1, 0.15) is 0 Å². The lowest BCUT2D eigenvalue weighted by molar-refractivity contribution is 0.632. The number of halogens is 1. The Hall–Kier alpha value is -4.30. The highest BCUT2D eigenvalue weighted by Crippen LogP contribution is 2.32. The zero-order valence-corrected chi connectivity index (χ0v) is 17.9. The number of aromatic nitrogens is 4. The van der Waals surface area contributed by atoms with E-state index in [1.807, 2.05) is 42.5 Å². The van der Waals surface area contributed by atoms with E-state index in [-0.39, 0.29) is 10.9 Å². The molecule has 3 aromatic carbocycles. The van der Waals surface area contributed by atoms with Crippen molar-refractivity contribution >= 4 is 72.6 Å². The number of thiocarbonyl (C=S) groups is 1. The van der Waals surface area contributed by atoms with Gasteiger partial charge >= 0.3 is 0 Å². The van der Waals surface area contributed by atoms with Gasteiger partial charge in [0.25, 0.3) is 0 Å². The summed E-state index contributed by atoms with van der Waals surface area (Å²) in [6, 6.07) is 19.7. The van der Waals surface area contributed by atoms with E-state index in [9.17, 15) is 4.39 Å². The van der Waals surface area contributed by atoms with Crippen molar-refractivity contribution in [2.45, 2.75) is 0 Å². The maximum Gasteiger partial charge on any atom is 0.175 e. The SMILES string of the molecule is Fc1ccccc1NC(=S)Nc1ccc2nc3c4cccnc4c4ncccc4c3nc2c1. The molecule has 2 N–H and O–H groups in total. The number of nitrogens with one attached hydrogen (secondary N) is 2. The third-order valence-corrected chi connectivity index (χ3v) is 5.60.